The molecule has 0 bridgehead atoms. The van der Waals surface area contributed by atoms with Gasteiger partial charge in [0, 0.05) is 4.75 Å². The smallest absolute Gasteiger partial charge is 0.434 e. The quantitative estimate of drug-likeness (QED) is 0.297. The van der Waals surface area contributed by atoms with Crippen LogP contribution in [0.3, 0.4) is 0 Å². The Kier molecular flexibility index (Phi) is 5.50. The molecule has 0 aliphatic carbocycles. The van der Waals surface area contributed by atoms with E-state index in [1.807, 2.05) is 27.7 Å². The fourth-order valence-electron chi connectivity index (χ4n) is 2.44. The second kappa shape index (κ2) is 6.88. The standard InChI is InChI=1S/C14H20BrNO6S/c1-7(2)5-20-13(19)22-6-21-12(18)9-14(3,4)23-11-8(15)10(17)16(9)11/h7-9,11H,5-6H2,1-4H3/t8-,9+,11-/m1/s1. The molecule has 2 heterocycles. The van der Waals surface area contributed by atoms with Gasteiger partial charge in [0.2, 0.25) is 12.7 Å². The van der Waals surface area contributed by atoms with Crippen molar-refractivity contribution in [2.75, 3.05) is 13.4 Å². The highest BCUT2D eigenvalue weighted by Crippen LogP contribution is 2.52. The third kappa shape index (κ3) is 3.76. The molecule has 0 aromatic rings. The number of halogens is 1. The second-order valence-electron chi connectivity index (χ2n) is 6.34. The van der Waals surface area contributed by atoms with E-state index < -0.39 is 29.7 Å². The van der Waals surface area contributed by atoms with Gasteiger partial charge in [-0.2, -0.15) is 0 Å². The van der Waals surface area contributed by atoms with E-state index in [1.54, 1.807) is 11.8 Å². The van der Waals surface area contributed by atoms with Crippen molar-refractivity contribution >= 4 is 45.7 Å². The highest BCUT2D eigenvalue weighted by molar-refractivity contribution is 9.10. The molecular formula is C14H20BrNO6S. The molecular weight excluding hydrogens is 390 g/mol. The van der Waals surface area contributed by atoms with Gasteiger partial charge < -0.3 is 19.1 Å². The fourth-order valence-corrected chi connectivity index (χ4v) is 4.79. The number of ether oxygens (including phenoxy) is 3. The maximum absolute atomic E-state index is 12.3. The fraction of sp³-hybridized carbons (Fsp3) is 0.786. The topological polar surface area (TPSA) is 82.1 Å². The summed E-state index contributed by atoms with van der Waals surface area (Å²) in [5.74, 6) is -0.533. The molecule has 0 aromatic heterocycles. The third-order valence-corrected chi connectivity index (χ3v) is 6.33. The molecule has 9 heteroatoms. The van der Waals surface area contributed by atoms with Gasteiger partial charge in [0.05, 0.1) is 6.61 Å². The summed E-state index contributed by atoms with van der Waals surface area (Å²) in [5.41, 5.74) is 0. The minimum absolute atomic E-state index is 0.0769. The predicted octanol–water partition coefficient (Wildman–Crippen LogP) is 2.12. The molecule has 1 amide bonds. The molecule has 7 nitrogen and oxygen atoms in total. The molecule has 2 aliphatic rings. The van der Waals surface area contributed by atoms with E-state index in [4.69, 9.17) is 14.2 Å². The van der Waals surface area contributed by atoms with Crippen LogP contribution in [0.25, 0.3) is 0 Å². The molecule has 0 saturated carbocycles. The summed E-state index contributed by atoms with van der Waals surface area (Å²) in [5, 5.41) is -0.0769. The molecule has 0 aromatic carbocycles. The van der Waals surface area contributed by atoms with E-state index in [-0.39, 0.29) is 28.6 Å². The van der Waals surface area contributed by atoms with Crippen molar-refractivity contribution in [3.05, 3.63) is 0 Å². The number of β-lactam (4-membered cyclic amide) rings is 1. The summed E-state index contributed by atoms with van der Waals surface area (Å²) in [6.07, 6.45) is -0.884. The Bertz CT molecular complexity index is 511. The number of hydrogen-bond acceptors (Lipinski definition) is 7. The summed E-state index contributed by atoms with van der Waals surface area (Å²) in [6, 6.07) is -0.700. The number of thioether (sulfide) groups is 1. The Morgan fingerprint density at radius 2 is 1.96 bits per heavy atom. The minimum Gasteiger partial charge on any atom is -0.434 e. The van der Waals surface area contributed by atoms with Crippen molar-refractivity contribution in [2.24, 2.45) is 5.92 Å². The molecule has 2 saturated heterocycles. The molecule has 0 N–H and O–H groups in total. The number of esters is 1. The zero-order valence-electron chi connectivity index (χ0n) is 13.4. The van der Waals surface area contributed by atoms with Gasteiger partial charge in [0.1, 0.15) is 16.2 Å². The number of fused-ring (bicyclic) bond motifs is 1. The van der Waals surface area contributed by atoms with Crippen LogP contribution in [0.4, 0.5) is 4.79 Å². The van der Waals surface area contributed by atoms with E-state index in [2.05, 4.69) is 15.9 Å². The summed E-state index contributed by atoms with van der Waals surface area (Å²) < 4.78 is 14.0. The lowest BCUT2D eigenvalue weighted by Crippen LogP contribution is -2.63. The van der Waals surface area contributed by atoms with Gasteiger partial charge in [-0.1, -0.05) is 29.8 Å². The summed E-state index contributed by atoms with van der Waals surface area (Å²) in [4.78, 5) is 36.7. The van der Waals surface area contributed by atoms with Gasteiger partial charge in [0.25, 0.3) is 0 Å². The van der Waals surface area contributed by atoms with Crippen molar-refractivity contribution in [3.63, 3.8) is 0 Å². The van der Waals surface area contributed by atoms with Crippen LogP contribution in [0.5, 0.6) is 0 Å². The third-order valence-electron chi connectivity index (χ3n) is 3.51. The number of carbonyl (C=O) groups is 3. The van der Waals surface area contributed by atoms with Crippen molar-refractivity contribution in [1.29, 1.82) is 0 Å². The lowest BCUT2D eigenvalue weighted by molar-refractivity contribution is -0.167. The first-order chi connectivity index (χ1) is 10.6. The highest BCUT2D eigenvalue weighted by Gasteiger charge is 2.63. The van der Waals surface area contributed by atoms with Crippen LogP contribution in [-0.2, 0) is 23.8 Å². The summed E-state index contributed by atoms with van der Waals surface area (Å²) in [7, 11) is 0. The number of rotatable bonds is 5. The highest BCUT2D eigenvalue weighted by atomic mass is 79.9. The number of carbonyl (C=O) groups excluding carboxylic acids is 3. The SMILES string of the molecule is CC(C)COC(=O)OCOC(=O)[C@@H]1N2C(=O)[C@@H](Br)[C@H]2SC1(C)C. The molecule has 2 aliphatic heterocycles. The van der Waals surface area contributed by atoms with Gasteiger partial charge in [-0.15, -0.1) is 11.8 Å². The molecule has 130 valence electrons. The van der Waals surface area contributed by atoms with Gasteiger partial charge >= 0.3 is 12.1 Å². The molecule has 0 radical (unpaired) electrons. The molecule has 0 spiro atoms. The van der Waals surface area contributed by atoms with Crippen LogP contribution >= 0.6 is 27.7 Å². The van der Waals surface area contributed by atoms with Gasteiger partial charge in [0.15, 0.2) is 0 Å². The first-order valence-electron chi connectivity index (χ1n) is 7.25. The summed E-state index contributed by atoms with van der Waals surface area (Å²) in [6.45, 7) is 7.25. The zero-order chi connectivity index (χ0) is 17.4. The zero-order valence-corrected chi connectivity index (χ0v) is 15.8. The van der Waals surface area contributed by atoms with E-state index >= 15 is 0 Å². The van der Waals surface area contributed by atoms with Gasteiger partial charge in [-0.25, -0.2) is 9.59 Å². The molecule has 0 unspecified atom stereocenters. The van der Waals surface area contributed by atoms with Crippen LogP contribution in [-0.4, -0.2) is 57.3 Å². The van der Waals surface area contributed by atoms with E-state index in [0.29, 0.717) is 0 Å². The molecule has 3 atom stereocenters. The molecule has 2 fully saturated rings. The number of amides is 1. The van der Waals surface area contributed by atoms with Gasteiger partial charge in [-0.05, 0) is 19.8 Å². The number of hydrogen-bond donors (Lipinski definition) is 0. The Hall–Kier alpha value is -0.960. The molecule has 2 rings (SSSR count). The van der Waals surface area contributed by atoms with Crippen molar-refractivity contribution in [1.82, 2.24) is 4.90 Å². The minimum atomic E-state index is -0.884. The predicted molar refractivity (Wildman–Crippen MR) is 87.0 cm³/mol. The number of alkyl halides is 1. The van der Waals surface area contributed by atoms with Crippen LogP contribution < -0.4 is 0 Å². The molecule has 23 heavy (non-hydrogen) atoms. The summed E-state index contributed by atoms with van der Waals surface area (Å²) >= 11 is 4.85. The number of nitrogens with zero attached hydrogens (tertiary/aromatic N) is 1. The van der Waals surface area contributed by atoms with E-state index in [9.17, 15) is 14.4 Å². The van der Waals surface area contributed by atoms with Crippen molar-refractivity contribution < 1.29 is 28.6 Å². The van der Waals surface area contributed by atoms with Crippen LogP contribution in [0.1, 0.15) is 27.7 Å². The van der Waals surface area contributed by atoms with E-state index in [1.165, 1.54) is 4.90 Å². The average molecular weight is 410 g/mol. The second-order valence-corrected chi connectivity index (χ2v) is 9.10. The maximum Gasteiger partial charge on any atom is 0.511 e. The van der Waals surface area contributed by atoms with Crippen molar-refractivity contribution in [2.45, 2.75) is 48.7 Å². The monoisotopic (exact) mass is 409 g/mol. The average Bonchev–Trinajstić information content (AvgIpc) is 2.73. The maximum atomic E-state index is 12.3. The Morgan fingerprint density at radius 3 is 2.57 bits per heavy atom. The largest absolute Gasteiger partial charge is 0.511 e. The normalized spacial score (nSPS) is 28.2. The Balaban J connectivity index is 1.83. The van der Waals surface area contributed by atoms with Crippen LogP contribution in [0.2, 0.25) is 0 Å². The van der Waals surface area contributed by atoms with Gasteiger partial charge in [-0.3, -0.25) is 4.79 Å². The Labute approximate surface area is 147 Å². The lowest BCUT2D eigenvalue weighted by atomic mass is 9.98. The van der Waals surface area contributed by atoms with Crippen LogP contribution in [0.15, 0.2) is 0 Å². The lowest BCUT2D eigenvalue weighted by Gasteiger charge is -2.41. The van der Waals surface area contributed by atoms with Crippen LogP contribution in [0, 0.1) is 5.92 Å². The first-order valence-corrected chi connectivity index (χ1v) is 9.05. The van der Waals surface area contributed by atoms with Crippen molar-refractivity contribution in [3.8, 4) is 0 Å². The Morgan fingerprint density at radius 1 is 1.30 bits per heavy atom. The van der Waals surface area contributed by atoms with E-state index in [0.717, 1.165) is 0 Å². The first kappa shape index (κ1) is 18.4.